The largest absolute Gasteiger partial charge is 0.464 e. The summed E-state index contributed by atoms with van der Waals surface area (Å²) in [6, 6.07) is 13.4. The number of piperidine rings is 1. The van der Waals surface area contributed by atoms with Crippen LogP contribution in [0.2, 0.25) is 0 Å². The van der Waals surface area contributed by atoms with Gasteiger partial charge in [-0.05, 0) is 54.5 Å². The number of ether oxygens (including phenoxy) is 1. The summed E-state index contributed by atoms with van der Waals surface area (Å²) in [7, 11) is -3.70. The van der Waals surface area contributed by atoms with Gasteiger partial charge >= 0.3 is 0 Å². The molecule has 0 aliphatic carbocycles. The minimum Gasteiger partial charge on any atom is -0.464 e. The molecule has 1 fully saturated rings. The molecule has 0 spiro atoms. The number of nitrogens with zero attached hydrogens (tertiary/aromatic N) is 2. The van der Waals surface area contributed by atoms with Crippen molar-refractivity contribution in [3.8, 4) is 0 Å². The van der Waals surface area contributed by atoms with Gasteiger partial charge in [0.1, 0.15) is 12.3 Å². The number of likely N-dealkylation sites (tertiary alicyclic amines) is 1. The molecule has 9 heteroatoms. The van der Waals surface area contributed by atoms with Crippen molar-refractivity contribution in [3.63, 3.8) is 0 Å². The number of hydrogen-bond donors (Lipinski definition) is 1. The highest BCUT2D eigenvalue weighted by atomic mass is 32.2. The van der Waals surface area contributed by atoms with E-state index < -0.39 is 10.0 Å². The minimum atomic E-state index is -3.70. The normalized spacial score (nSPS) is 17.4. The van der Waals surface area contributed by atoms with Crippen molar-refractivity contribution in [2.24, 2.45) is 0 Å². The molecule has 1 amide bonds. The molecular formula is C27H33N3O5S. The molecule has 2 aliphatic rings. The number of carbonyl (C=O) groups is 1. The van der Waals surface area contributed by atoms with E-state index in [9.17, 15) is 13.2 Å². The number of nitrogens with one attached hydrogen (secondary N) is 1. The summed E-state index contributed by atoms with van der Waals surface area (Å²) < 4.78 is 40.2. The first-order valence-corrected chi connectivity index (χ1v) is 14.0. The number of carbonyl (C=O) groups excluding carboxylic acids is 1. The average molecular weight is 512 g/mol. The monoisotopic (exact) mass is 511 g/mol. The highest BCUT2D eigenvalue weighted by Crippen LogP contribution is 2.26. The van der Waals surface area contributed by atoms with Gasteiger partial charge in [0.05, 0.1) is 17.3 Å². The van der Waals surface area contributed by atoms with Gasteiger partial charge in [-0.15, -0.1) is 0 Å². The molecule has 0 radical (unpaired) electrons. The van der Waals surface area contributed by atoms with Gasteiger partial charge in [-0.2, -0.15) is 4.72 Å². The Kier molecular flexibility index (Phi) is 7.43. The quantitative estimate of drug-likeness (QED) is 0.467. The Morgan fingerprint density at radius 1 is 1.11 bits per heavy atom. The summed E-state index contributed by atoms with van der Waals surface area (Å²) in [5.41, 5.74) is 3.84. The molecule has 2 aromatic carbocycles. The van der Waals surface area contributed by atoms with E-state index in [1.165, 1.54) is 17.9 Å². The maximum Gasteiger partial charge on any atom is 0.242 e. The first kappa shape index (κ1) is 25.0. The summed E-state index contributed by atoms with van der Waals surface area (Å²) in [4.78, 5) is 16.2. The molecule has 2 aliphatic heterocycles. The lowest BCUT2D eigenvalue weighted by Gasteiger charge is -2.32. The molecule has 3 heterocycles. The van der Waals surface area contributed by atoms with Crippen LogP contribution in [0.4, 0.5) is 0 Å². The van der Waals surface area contributed by atoms with Crippen molar-refractivity contribution in [1.82, 2.24) is 14.5 Å². The first-order valence-electron chi connectivity index (χ1n) is 12.6. The molecule has 3 aromatic rings. The number of para-hydroxylation sites is 1. The molecule has 8 nitrogen and oxygen atoms in total. The standard InChI is InChI=1S/C27H33N3O5S/c1-20(31)30-16-12-25-21(17-30)5-4-8-27(25)36(32,33)28-19-35-23-10-14-29(15-11-23)13-9-22-18-34-26-7-3-2-6-24(22)26/h2-8,18,23,28H,9-17,19H2,1H3. The Morgan fingerprint density at radius 3 is 2.72 bits per heavy atom. The van der Waals surface area contributed by atoms with E-state index in [-0.39, 0.29) is 23.6 Å². The fourth-order valence-electron chi connectivity index (χ4n) is 5.21. The third-order valence-electron chi connectivity index (χ3n) is 7.32. The first-order chi connectivity index (χ1) is 17.4. The number of sulfonamides is 1. The maximum absolute atomic E-state index is 13.0. The predicted molar refractivity (Wildman–Crippen MR) is 137 cm³/mol. The highest BCUT2D eigenvalue weighted by Gasteiger charge is 2.26. The summed E-state index contributed by atoms with van der Waals surface area (Å²) in [6.45, 7) is 5.27. The Hall–Kier alpha value is -2.72. The topological polar surface area (TPSA) is 92.1 Å². The van der Waals surface area contributed by atoms with Crippen LogP contribution in [0.1, 0.15) is 36.5 Å². The van der Waals surface area contributed by atoms with Crippen LogP contribution in [0.5, 0.6) is 0 Å². The van der Waals surface area contributed by atoms with E-state index in [1.807, 2.05) is 30.5 Å². The van der Waals surface area contributed by atoms with Crippen molar-refractivity contribution in [2.45, 2.75) is 50.2 Å². The molecule has 192 valence electrons. The zero-order valence-corrected chi connectivity index (χ0v) is 21.4. The second-order valence-electron chi connectivity index (χ2n) is 9.59. The van der Waals surface area contributed by atoms with Crippen molar-refractivity contribution in [3.05, 3.63) is 65.4 Å². The number of rotatable bonds is 8. The SMILES string of the molecule is CC(=O)N1CCc2c(cccc2S(=O)(=O)NCOC2CCN(CCc3coc4ccccc34)CC2)C1. The number of amides is 1. The molecule has 0 unspecified atom stereocenters. The molecule has 1 N–H and O–H groups in total. The Labute approximate surface area is 212 Å². The zero-order chi connectivity index (χ0) is 25.1. The van der Waals surface area contributed by atoms with Crippen LogP contribution in [0.3, 0.4) is 0 Å². The van der Waals surface area contributed by atoms with Crippen LogP contribution in [0.25, 0.3) is 11.0 Å². The third kappa shape index (κ3) is 5.49. The molecule has 1 saturated heterocycles. The minimum absolute atomic E-state index is 0.00135. The van der Waals surface area contributed by atoms with Crippen molar-refractivity contribution < 1.29 is 22.4 Å². The predicted octanol–water partition coefficient (Wildman–Crippen LogP) is 3.30. The third-order valence-corrected chi connectivity index (χ3v) is 8.78. The Bertz CT molecular complexity index is 1330. The fraction of sp³-hybridized carbons (Fsp3) is 0.444. The van der Waals surface area contributed by atoms with Gasteiger partial charge in [0.25, 0.3) is 0 Å². The lowest BCUT2D eigenvalue weighted by atomic mass is 10.00. The number of hydrogen-bond acceptors (Lipinski definition) is 6. The van der Waals surface area contributed by atoms with Crippen LogP contribution in [-0.4, -0.2) is 63.1 Å². The molecule has 0 saturated carbocycles. The van der Waals surface area contributed by atoms with Gasteiger partial charge in [-0.3, -0.25) is 4.79 Å². The number of furan rings is 1. The molecule has 0 atom stereocenters. The van der Waals surface area contributed by atoms with Crippen molar-refractivity contribution >= 4 is 26.9 Å². The van der Waals surface area contributed by atoms with Crippen LogP contribution >= 0.6 is 0 Å². The number of benzene rings is 2. The van der Waals surface area contributed by atoms with E-state index in [0.29, 0.717) is 19.5 Å². The molecule has 36 heavy (non-hydrogen) atoms. The second-order valence-corrected chi connectivity index (χ2v) is 11.3. The van der Waals surface area contributed by atoms with E-state index in [2.05, 4.69) is 15.7 Å². The Balaban J connectivity index is 1.08. The van der Waals surface area contributed by atoms with Crippen LogP contribution in [0, 0.1) is 0 Å². The second kappa shape index (κ2) is 10.7. The number of fused-ring (bicyclic) bond motifs is 2. The molecule has 5 rings (SSSR count). The Morgan fingerprint density at radius 2 is 1.92 bits per heavy atom. The van der Waals surface area contributed by atoms with Gasteiger partial charge in [0.2, 0.25) is 15.9 Å². The maximum atomic E-state index is 13.0. The van der Waals surface area contributed by atoms with E-state index in [4.69, 9.17) is 9.15 Å². The van der Waals surface area contributed by atoms with Crippen LogP contribution < -0.4 is 4.72 Å². The smallest absolute Gasteiger partial charge is 0.242 e. The zero-order valence-electron chi connectivity index (χ0n) is 20.6. The molecular weight excluding hydrogens is 478 g/mol. The van der Waals surface area contributed by atoms with Crippen LogP contribution in [-0.2, 0) is 38.9 Å². The van der Waals surface area contributed by atoms with Gasteiger partial charge in [-0.1, -0.05) is 30.3 Å². The lowest BCUT2D eigenvalue weighted by Crippen LogP contribution is -2.40. The van der Waals surface area contributed by atoms with E-state index >= 15 is 0 Å². The van der Waals surface area contributed by atoms with Crippen LogP contribution in [0.15, 0.2) is 58.0 Å². The molecule has 0 bridgehead atoms. The summed E-state index contributed by atoms with van der Waals surface area (Å²) in [6.07, 6.45) is 5.10. The van der Waals surface area contributed by atoms with Gasteiger partial charge in [-0.25, -0.2) is 8.42 Å². The molecule has 1 aromatic heterocycles. The van der Waals surface area contributed by atoms with E-state index in [1.54, 1.807) is 17.0 Å². The highest BCUT2D eigenvalue weighted by molar-refractivity contribution is 7.89. The summed E-state index contributed by atoms with van der Waals surface area (Å²) >= 11 is 0. The fourth-order valence-corrected chi connectivity index (χ4v) is 6.40. The van der Waals surface area contributed by atoms with Crippen molar-refractivity contribution in [2.75, 3.05) is 32.9 Å². The lowest BCUT2D eigenvalue weighted by molar-refractivity contribution is -0.129. The summed E-state index contributed by atoms with van der Waals surface area (Å²) in [5, 5.41) is 1.18. The van der Waals surface area contributed by atoms with Gasteiger partial charge < -0.3 is 19.0 Å². The van der Waals surface area contributed by atoms with Crippen molar-refractivity contribution in [1.29, 1.82) is 0 Å². The average Bonchev–Trinajstić information content (AvgIpc) is 3.30. The van der Waals surface area contributed by atoms with Gasteiger partial charge in [0, 0.05) is 45.0 Å². The summed E-state index contributed by atoms with van der Waals surface area (Å²) in [5.74, 6) is 0.00135. The van der Waals surface area contributed by atoms with E-state index in [0.717, 1.165) is 55.6 Å². The van der Waals surface area contributed by atoms with Gasteiger partial charge in [0.15, 0.2) is 0 Å².